The van der Waals surface area contributed by atoms with Crippen LogP contribution in [-0.4, -0.2) is 30.6 Å². The van der Waals surface area contributed by atoms with E-state index in [0.717, 1.165) is 50.2 Å². The van der Waals surface area contributed by atoms with E-state index in [4.69, 9.17) is 5.73 Å². The lowest BCUT2D eigenvalue weighted by Crippen LogP contribution is -2.32. The number of amides is 1. The topological polar surface area (TPSA) is 58.7 Å². The fourth-order valence-corrected chi connectivity index (χ4v) is 2.00. The number of likely N-dealkylation sites (tertiary alicyclic amines) is 1. The van der Waals surface area contributed by atoms with Crippen molar-refractivity contribution in [2.24, 2.45) is 16.6 Å². The molecule has 0 aromatic heterocycles. The van der Waals surface area contributed by atoms with Gasteiger partial charge in [0.25, 0.3) is 0 Å². The summed E-state index contributed by atoms with van der Waals surface area (Å²) in [5.74, 6) is 0.430. The predicted molar refractivity (Wildman–Crippen MR) is 75.2 cm³/mol. The van der Waals surface area contributed by atoms with Crippen LogP contribution in [0.4, 0.5) is 0 Å². The molecule has 1 aliphatic rings. The second-order valence-corrected chi connectivity index (χ2v) is 4.64. The summed E-state index contributed by atoms with van der Waals surface area (Å²) in [4.78, 5) is 17.0. The average molecular weight is 249 g/mol. The number of nitrogens with zero attached hydrogens (tertiary/aromatic N) is 2. The number of rotatable bonds is 5. The smallest absolute Gasteiger partial charge is 0.209 e. The molecule has 0 atom stereocenters. The van der Waals surface area contributed by atoms with Gasteiger partial charge in [-0.3, -0.25) is 9.79 Å². The number of piperidine rings is 1. The van der Waals surface area contributed by atoms with E-state index in [1.165, 1.54) is 0 Å². The average Bonchev–Trinajstić information content (AvgIpc) is 2.39. The predicted octanol–water partition coefficient (Wildman–Crippen LogP) is 2.08. The summed E-state index contributed by atoms with van der Waals surface area (Å²) in [5, 5.41) is 0. The SMILES string of the molecule is CCC=N/C(=C\C=C(/C)N)C1CCN(C=O)CC1. The van der Waals surface area contributed by atoms with Gasteiger partial charge in [-0.2, -0.15) is 0 Å². The Morgan fingerprint density at radius 2 is 2.06 bits per heavy atom. The number of hydrogen-bond acceptors (Lipinski definition) is 3. The highest BCUT2D eigenvalue weighted by atomic mass is 16.1. The molecule has 1 fully saturated rings. The third kappa shape index (κ3) is 4.73. The Kier molecular flexibility index (Phi) is 6.19. The highest BCUT2D eigenvalue weighted by Gasteiger charge is 2.20. The molecular formula is C14H23N3O. The zero-order chi connectivity index (χ0) is 13.4. The van der Waals surface area contributed by atoms with Crippen molar-refractivity contribution in [2.45, 2.75) is 33.1 Å². The van der Waals surface area contributed by atoms with Crippen molar-refractivity contribution in [3.63, 3.8) is 0 Å². The van der Waals surface area contributed by atoms with E-state index < -0.39 is 0 Å². The quantitative estimate of drug-likeness (QED) is 0.461. The van der Waals surface area contributed by atoms with Crippen LogP contribution in [0.3, 0.4) is 0 Å². The molecule has 0 spiro atoms. The lowest BCUT2D eigenvalue weighted by molar-refractivity contribution is -0.119. The molecular weight excluding hydrogens is 226 g/mol. The Hall–Kier alpha value is -1.58. The molecule has 1 rings (SSSR count). The van der Waals surface area contributed by atoms with Crippen LogP contribution in [-0.2, 0) is 4.79 Å². The number of hydrogen-bond donors (Lipinski definition) is 1. The van der Waals surface area contributed by atoms with Gasteiger partial charge in [-0.05, 0) is 38.3 Å². The second kappa shape index (κ2) is 7.69. The summed E-state index contributed by atoms with van der Waals surface area (Å²) in [7, 11) is 0. The van der Waals surface area contributed by atoms with E-state index in [0.29, 0.717) is 5.92 Å². The molecule has 0 unspecified atom stereocenters. The highest BCUT2D eigenvalue weighted by molar-refractivity contribution is 5.58. The minimum absolute atomic E-state index is 0.430. The maximum absolute atomic E-state index is 10.7. The fraction of sp³-hybridized carbons (Fsp3) is 0.571. The third-order valence-corrected chi connectivity index (χ3v) is 3.04. The van der Waals surface area contributed by atoms with Gasteiger partial charge in [0.05, 0.1) is 0 Å². The number of carbonyl (C=O) groups is 1. The van der Waals surface area contributed by atoms with Gasteiger partial charge in [-0.25, -0.2) is 0 Å². The minimum Gasteiger partial charge on any atom is -0.402 e. The van der Waals surface area contributed by atoms with Crippen LogP contribution in [0.5, 0.6) is 0 Å². The first-order valence-corrected chi connectivity index (χ1v) is 6.53. The van der Waals surface area contributed by atoms with Crippen LogP contribution < -0.4 is 5.73 Å². The highest BCUT2D eigenvalue weighted by Crippen LogP contribution is 2.25. The molecule has 4 nitrogen and oxygen atoms in total. The van der Waals surface area contributed by atoms with E-state index in [-0.39, 0.29) is 0 Å². The Bertz CT molecular complexity index is 346. The minimum atomic E-state index is 0.430. The number of aliphatic imine (C=N–C) groups is 1. The van der Waals surface area contributed by atoms with Gasteiger partial charge in [0.1, 0.15) is 0 Å². The van der Waals surface area contributed by atoms with E-state index in [2.05, 4.69) is 11.9 Å². The van der Waals surface area contributed by atoms with Crippen LogP contribution >= 0.6 is 0 Å². The Balaban J connectivity index is 2.72. The van der Waals surface area contributed by atoms with Gasteiger partial charge in [0.15, 0.2) is 0 Å². The van der Waals surface area contributed by atoms with Gasteiger partial charge < -0.3 is 10.6 Å². The monoisotopic (exact) mass is 249 g/mol. The largest absolute Gasteiger partial charge is 0.402 e. The maximum Gasteiger partial charge on any atom is 0.209 e. The third-order valence-electron chi connectivity index (χ3n) is 3.04. The summed E-state index contributed by atoms with van der Waals surface area (Å²) in [5.41, 5.74) is 7.51. The number of allylic oxidation sites excluding steroid dienone is 4. The summed E-state index contributed by atoms with van der Waals surface area (Å²) < 4.78 is 0. The first-order chi connectivity index (χ1) is 8.67. The first-order valence-electron chi connectivity index (χ1n) is 6.53. The van der Waals surface area contributed by atoms with Crippen LogP contribution in [0.2, 0.25) is 0 Å². The van der Waals surface area contributed by atoms with Crippen molar-refractivity contribution in [3.8, 4) is 0 Å². The van der Waals surface area contributed by atoms with Crippen molar-refractivity contribution in [3.05, 3.63) is 23.5 Å². The Labute approximate surface area is 109 Å². The summed E-state index contributed by atoms with van der Waals surface area (Å²) in [6.07, 6.45) is 9.63. The second-order valence-electron chi connectivity index (χ2n) is 4.64. The lowest BCUT2D eigenvalue weighted by Gasteiger charge is -2.29. The lowest BCUT2D eigenvalue weighted by atomic mass is 9.93. The van der Waals surface area contributed by atoms with Crippen LogP contribution in [0.15, 0.2) is 28.5 Å². The van der Waals surface area contributed by atoms with Crippen molar-refractivity contribution in [1.29, 1.82) is 0 Å². The number of nitrogens with two attached hydrogens (primary N) is 1. The van der Waals surface area contributed by atoms with Gasteiger partial charge in [-0.1, -0.05) is 6.92 Å². The van der Waals surface area contributed by atoms with Crippen LogP contribution in [0.1, 0.15) is 33.1 Å². The molecule has 1 heterocycles. The molecule has 1 saturated heterocycles. The first kappa shape index (κ1) is 14.5. The molecule has 0 aromatic carbocycles. The van der Waals surface area contributed by atoms with Crippen molar-refractivity contribution in [1.82, 2.24) is 4.90 Å². The van der Waals surface area contributed by atoms with Crippen LogP contribution in [0.25, 0.3) is 0 Å². The molecule has 0 bridgehead atoms. The molecule has 0 aromatic rings. The van der Waals surface area contributed by atoms with Gasteiger partial charge in [-0.15, -0.1) is 0 Å². The van der Waals surface area contributed by atoms with Crippen molar-refractivity contribution in [2.75, 3.05) is 13.1 Å². The summed E-state index contributed by atoms with van der Waals surface area (Å²) in [6.45, 7) is 5.57. The normalized spacial score (nSPS) is 19.6. The number of carbonyl (C=O) groups excluding carboxylic acids is 1. The van der Waals surface area contributed by atoms with Gasteiger partial charge in [0.2, 0.25) is 6.41 Å². The molecule has 0 saturated carbocycles. The van der Waals surface area contributed by atoms with Gasteiger partial charge in [0, 0.05) is 36.6 Å². The zero-order valence-corrected chi connectivity index (χ0v) is 11.3. The maximum atomic E-state index is 10.7. The Morgan fingerprint density at radius 3 is 2.56 bits per heavy atom. The molecule has 2 N–H and O–H groups in total. The zero-order valence-electron chi connectivity index (χ0n) is 11.3. The molecule has 1 aliphatic heterocycles. The molecule has 0 aliphatic carbocycles. The van der Waals surface area contributed by atoms with E-state index >= 15 is 0 Å². The molecule has 100 valence electrons. The molecule has 0 radical (unpaired) electrons. The van der Waals surface area contributed by atoms with Crippen molar-refractivity contribution < 1.29 is 4.79 Å². The fourth-order valence-electron chi connectivity index (χ4n) is 2.00. The van der Waals surface area contributed by atoms with E-state index in [1.807, 2.05) is 30.2 Å². The standard InChI is InChI=1S/C14H23N3O/c1-3-8-16-14(5-4-12(2)15)13-6-9-17(11-18)10-7-13/h4-5,8,11,13H,3,6-7,9-10,15H2,1-2H3/b12-4+,14-5-,16-8?. The molecule has 4 heteroatoms. The van der Waals surface area contributed by atoms with E-state index in [1.54, 1.807) is 0 Å². The summed E-state index contributed by atoms with van der Waals surface area (Å²) >= 11 is 0. The Morgan fingerprint density at radius 1 is 1.39 bits per heavy atom. The van der Waals surface area contributed by atoms with Crippen molar-refractivity contribution >= 4 is 12.6 Å². The van der Waals surface area contributed by atoms with E-state index in [9.17, 15) is 4.79 Å². The summed E-state index contributed by atoms with van der Waals surface area (Å²) in [6, 6.07) is 0. The molecule has 18 heavy (non-hydrogen) atoms. The van der Waals surface area contributed by atoms with Crippen LogP contribution in [0, 0.1) is 5.92 Å². The molecule has 1 amide bonds. The van der Waals surface area contributed by atoms with Gasteiger partial charge >= 0.3 is 0 Å².